The lowest BCUT2D eigenvalue weighted by Gasteiger charge is -2.25. The van der Waals surface area contributed by atoms with Gasteiger partial charge >= 0.3 is 0 Å². The van der Waals surface area contributed by atoms with E-state index in [1.807, 2.05) is 12.1 Å². The molecule has 0 atom stereocenters. The van der Waals surface area contributed by atoms with Crippen LogP contribution in [0.5, 0.6) is 0 Å². The highest BCUT2D eigenvalue weighted by Crippen LogP contribution is 2.48. The Kier molecular flexibility index (Phi) is 7.03. The van der Waals surface area contributed by atoms with Crippen molar-refractivity contribution in [2.45, 2.75) is 52.4 Å². The predicted molar refractivity (Wildman–Crippen MR) is 220 cm³/mol. The summed E-state index contributed by atoms with van der Waals surface area (Å²) in [6, 6.07) is 53.9. The molecule has 1 nitrogen and oxygen atoms in total. The van der Waals surface area contributed by atoms with E-state index in [9.17, 15) is 0 Å². The standard InChI is InChI=1S/C50H42O/c1-49(2,3)33-22-24-41-43(29-33)47(31-14-8-7-9-15-31)40-23-21-34(50(4,5)6)30-44(40)48(41)39-26-25-35(36-16-10-11-17-37(36)39)32-20-27-46-42(28-32)38-18-12-13-19-45(38)51-46/h7-30H,1-6H3. The fourth-order valence-corrected chi connectivity index (χ4v) is 8.03. The van der Waals surface area contributed by atoms with Crippen molar-refractivity contribution in [1.82, 2.24) is 0 Å². The molecule has 8 aromatic carbocycles. The van der Waals surface area contributed by atoms with E-state index in [1.54, 1.807) is 0 Å². The molecule has 1 aromatic heterocycles. The summed E-state index contributed by atoms with van der Waals surface area (Å²) in [7, 11) is 0. The fourth-order valence-electron chi connectivity index (χ4n) is 8.03. The Balaban J connectivity index is 1.39. The number of hydrogen-bond donors (Lipinski definition) is 0. The lowest BCUT2D eigenvalue weighted by Crippen LogP contribution is -2.11. The maximum Gasteiger partial charge on any atom is 0.135 e. The third-order valence-corrected chi connectivity index (χ3v) is 10.8. The lowest BCUT2D eigenvalue weighted by molar-refractivity contribution is 0.590. The number of fused-ring (bicyclic) bond motifs is 6. The Bertz CT molecular complexity index is 2800. The van der Waals surface area contributed by atoms with E-state index in [-0.39, 0.29) is 10.8 Å². The van der Waals surface area contributed by atoms with Crippen LogP contribution in [0.1, 0.15) is 52.7 Å². The molecule has 0 N–H and O–H groups in total. The molecule has 0 aliphatic rings. The second kappa shape index (κ2) is 11.4. The van der Waals surface area contributed by atoms with Gasteiger partial charge in [-0.05, 0) is 118 Å². The molecule has 0 aliphatic heterocycles. The monoisotopic (exact) mass is 658 g/mol. The smallest absolute Gasteiger partial charge is 0.135 e. The zero-order chi connectivity index (χ0) is 35.1. The number of furan rings is 1. The van der Waals surface area contributed by atoms with Crippen molar-refractivity contribution in [3.63, 3.8) is 0 Å². The lowest BCUT2D eigenvalue weighted by atomic mass is 9.78. The van der Waals surface area contributed by atoms with Gasteiger partial charge < -0.3 is 4.42 Å². The first kappa shape index (κ1) is 31.3. The van der Waals surface area contributed by atoms with Crippen molar-refractivity contribution < 1.29 is 4.42 Å². The summed E-state index contributed by atoms with van der Waals surface area (Å²) >= 11 is 0. The average Bonchev–Trinajstić information content (AvgIpc) is 3.51. The summed E-state index contributed by atoms with van der Waals surface area (Å²) in [6.45, 7) is 13.9. The number of benzene rings is 8. The van der Waals surface area contributed by atoms with Crippen LogP contribution in [-0.4, -0.2) is 0 Å². The molecule has 0 fully saturated rings. The van der Waals surface area contributed by atoms with Crippen LogP contribution < -0.4 is 0 Å². The van der Waals surface area contributed by atoms with E-state index >= 15 is 0 Å². The van der Waals surface area contributed by atoms with E-state index in [0.717, 1.165) is 21.9 Å². The minimum atomic E-state index is 0.00520. The van der Waals surface area contributed by atoms with Gasteiger partial charge in [-0.15, -0.1) is 0 Å². The molecule has 0 saturated carbocycles. The van der Waals surface area contributed by atoms with Gasteiger partial charge in [-0.3, -0.25) is 0 Å². The molecule has 0 unspecified atom stereocenters. The highest BCUT2D eigenvalue weighted by atomic mass is 16.3. The Labute approximate surface area is 300 Å². The van der Waals surface area contributed by atoms with Crippen molar-refractivity contribution in [1.29, 1.82) is 0 Å². The molecule has 0 radical (unpaired) electrons. The molecule has 0 amide bonds. The van der Waals surface area contributed by atoms with Crippen molar-refractivity contribution in [3.8, 4) is 33.4 Å². The second-order valence-corrected chi connectivity index (χ2v) is 16.2. The second-order valence-electron chi connectivity index (χ2n) is 16.2. The average molecular weight is 659 g/mol. The summed E-state index contributed by atoms with van der Waals surface area (Å²) in [5.41, 5.74) is 12.1. The highest BCUT2D eigenvalue weighted by molar-refractivity contribution is 6.24. The third kappa shape index (κ3) is 5.14. The highest BCUT2D eigenvalue weighted by Gasteiger charge is 2.24. The summed E-state index contributed by atoms with van der Waals surface area (Å²) in [5, 5.41) is 9.95. The molecule has 0 aliphatic carbocycles. The van der Waals surface area contributed by atoms with Gasteiger partial charge in [-0.1, -0.05) is 157 Å². The minimum Gasteiger partial charge on any atom is -0.456 e. The molecule has 0 spiro atoms. The van der Waals surface area contributed by atoms with Crippen molar-refractivity contribution >= 4 is 54.3 Å². The molecule has 0 bridgehead atoms. The van der Waals surface area contributed by atoms with E-state index in [4.69, 9.17) is 4.42 Å². The Morgan fingerprint density at radius 1 is 0.333 bits per heavy atom. The molecule has 1 heteroatoms. The van der Waals surface area contributed by atoms with Gasteiger partial charge in [0.2, 0.25) is 0 Å². The maximum absolute atomic E-state index is 6.19. The first-order valence-corrected chi connectivity index (χ1v) is 18.1. The Morgan fingerprint density at radius 2 is 0.863 bits per heavy atom. The van der Waals surface area contributed by atoms with E-state index < -0.39 is 0 Å². The summed E-state index contributed by atoms with van der Waals surface area (Å²) in [4.78, 5) is 0. The van der Waals surface area contributed by atoms with Crippen LogP contribution in [0.25, 0.3) is 87.6 Å². The number of para-hydroxylation sites is 1. The van der Waals surface area contributed by atoms with Crippen LogP contribution in [-0.2, 0) is 10.8 Å². The SMILES string of the molecule is CC(C)(C)c1ccc2c(-c3ccc(-c4ccc5oc6ccccc6c5c4)c4ccccc34)c3cc(C(C)(C)C)ccc3c(-c3ccccc3)c2c1. The fraction of sp³-hybridized carbons (Fsp3) is 0.160. The quantitative estimate of drug-likeness (QED) is 0.172. The van der Waals surface area contributed by atoms with Gasteiger partial charge in [0, 0.05) is 10.8 Å². The Morgan fingerprint density at radius 3 is 1.53 bits per heavy atom. The van der Waals surface area contributed by atoms with Crippen LogP contribution in [0.4, 0.5) is 0 Å². The summed E-state index contributed by atoms with van der Waals surface area (Å²) in [6.07, 6.45) is 0. The first-order chi connectivity index (χ1) is 24.6. The minimum absolute atomic E-state index is 0.00520. The van der Waals surface area contributed by atoms with Gasteiger partial charge in [-0.25, -0.2) is 0 Å². The zero-order valence-electron chi connectivity index (χ0n) is 30.3. The zero-order valence-corrected chi connectivity index (χ0v) is 30.3. The largest absolute Gasteiger partial charge is 0.456 e. The van der Waals surface area contributed by atoms with Crippen molar-refractivity contribution in [3.05, 3.63) is 157 Å². The predicted octanol–water partition coefficient (Wildman–Crippen LogP) is 14.6. The first-order valence-electron chi connectivity index (χ1n) is 18.1. The van der Waals surface area contributed by atoms with Gasteiger partial charge in [0.15, 0.2) is 0 Å². The van der Waals surface area contributed by atoms with Crippen LogP contribution in [0.3, 0.4) is 0 Å². The van der Waals surface area contributed by atoms with Crippen LogP contribution >= 0.6 is 0 Å². The van der Waals surface area contributed by atoms with E-state index in [1.165, 1.54) is 76.8 Å². The topological polar surface area (TPSA) is 13.1 Å². The summed E-state index contributed by atoms with van der Waals surface area (Å²) in [5.74, 6) is 0. The maximum atomic E-state index is 6.19. The third-order valence-electron chi connectivity index (χ3n) is 10.8. The molecule has 51 heavy (non-hydrogen) atoms. The van der Waals surface area contributed by atoms with E-state index in [2.05, 4.69) is 175 Å². The van der Waals surface area contributed by atoms with Gasteiger partial charge in [-0.2, -0.15) is 0 Å². The van der Waals surface area contributed by atoms with E-state index in [0.29, 0.717) is 0 Å². The summed E-state index contributed by atoms with van der Waals surface area (Å²) < 4.78 is 6.19. The number of rotatable bonds is 3. The molecule has 0 saturated heterocycles. The number of hydrogen-bond acceptors (Lipinski definition) is 1. The molecular formula is C50H42O. The normalized spacial score (nSPS) is 12.5. The molecule has 9 rings (SSSR count). The van der Waals surface area contributed by atoms with Crippen LogP contribution in [0.15, 0.2) is 150 Å². The molecule has 1 heterocycles. The van der Waals surface area contributed by atoms with Gasteiger partial charge in [0.1, 0.15) is 11.2 Å². The molecular weight excluding hydrogens is 617 g/mol. The Hall–Kier alpha value is -5.66. The molecule has 9 aromatic rings. The molecule has 248 valence electrons. The van der Waals surface area contributed by atoms with Gasteiger partial charge in [0.25, 0.3) is 0 Å². The van der Waals surface area contributed by atoms with Crippen molar-refractivity contribution in [2.75, 3.05) is 0 Å². The van der Waals surface area contributed by atoms with Crippen molar-refractivity contribution in [2.24, 2.45) is 0 Å². The van der Waals surface area contributed by atoms with Crippen LogP contribution in [0, 0.1) is 0 Å². The van der Waals surface area contributed by atoms with Crippen LogP contribution in [0.2, 0.25) is 0 Å². The van der Waals surface area contributed by atoms with Gasteiger partial charge in [0.05, 0.1) is 0 Å².